The van der Waals surface area contributed by atoms with Gasteiger partial charge in [0.25, 0.3) is 5.91 Å². The number of pyridine rings is 1. The van der Waals surface area contributed by atoms with E-state index in [-0.39, 0.29) is 12.5 Å². The molecule has 140 valence electrons. The van der Waals surface area contributed by atoms with E-state index in [1.807, 2.05) is 25.1 Å². The molecule has 1 aromatic carbocycles. The summed E-state index contributed by atoms with van der Waals surface area (Å²) in [6.45, 7) is 2.59. The van der Waals surface area contributed by atoms with Crippen molar-refractivity contribution in [3.63, 3.8) is 0 Å². The van der Waals surface area contributed by atoms with Gasteiger partial charge in [-0.2, -0.15) is 4.98 Å². The molecule has 0 atom stereocenters. The van der Waals surface area contributed by atoms with Crippen LogP contribution in [0.3, 0.4) is 0 Å². The van der Waals surface area contributed by atoms with Crippen LogP contribution in [0.1, 0.15) is 27.6 Å². The Hall–Kier alpha value is -3.26. The van der Waals surface area contributed by atoms with Crippen LogP contribution in [-0.4, -0.2) is 34.7 Å². The van der Waals surface area contributed by atoms with Crippen LogP contribution in [0.4, 0.5) is 5.82 Å². The van der Waals surface area contributed by atoms with Crippen molar-refractivity contribution < 1.29 is 14.1 Å². The number of carbonyl (C=O) groups is 1. The van der Waals surface area contributed by atoms with Gasteiger partial charge in [-0.1, -0.05) is 17.3 Å². The summed E-state index contributed by atoms with van der Waals surface area (Å²) in [6.07, 6.45) is 2.28. The number of amides is 1. The molecule has 0 fully saturated rings. The molecule has 8 heteroatoms. The Labute approximate surface area is 156 Å². The average molecular weight is 367 g/mol. The van der Waals surface area contributed by atoms with E-state index < -0.39 is 0 Å². The van der Waals surface area contributed by atoms with Crippen LogP contribution < -0.4 is 11.1 Å². The quantitative estimate of drug-likeness (QED) is 0.657. The second kappa shape index (κ2) is 8.41. The molecule has 3 rings (SSSR count). The predicted molar refractivity (Wildman–Crippen MR) is 99.9 cm³/mol. The van der Waals surface area contributed by atoms with Gasteiger partial charge in [0.2, 0.25) is 5.89 Å². The molecule has 0 saturated carbocycles. The van der Waals surface area contributed by atoms with E-state index >= 15 is 0 Å². The Bertz CT molecular complexity index is 921. The van der Waals surface area contributed by atoms with Crippen molar-refractivity contribution >= 4 is 11.7 Å². The molecular weight excluding hydrogens is 346 g/mol. The molecular formula is C19H21N5O3. The molecule has 0 spiro atoms. The van der Waals surface area contributed by atoms with E-state index in [4.69, 9.17) is 15.0 Å². The summed E-state index contributed by atoms with van der Waals surface area (Å²) in [5.41, 5.74) is 9.11. The fraction of sp³-hybridized carbons (Fsp3) is 0.263. The highest BCUT2D eigenvalue weighted by Crippen LogP contribution is 2.22. The van der Waals surface area contributed by atoms with Gasteiger partial charge in [-0.05, 0) is 36.2 Å². The van der Waals surface area contributed by atoms with E-state index in [1.165, 1.54) is 0 Å². The average Bonchev–Trinajstić information content (AvgIpc) is 3.14. The summed E-state index contributed by atoms with van der Waals surface area (Å²) in [5, 5.41) is 6.60. The summed E-state index contributed by atoms with van der Waals surface area (Å²) in [7, 11) is 1.61. The lowest BCUT2D eigenvalue weighted by Gasteiger charge is -2.06. The monoisotopic (exact) mass is 367 g/mol. The molecule has 0 saturated heterocycles. The van der Waals surface area contributed by atoms with Gasteiger partial charge in [0.05, 0.1) is 13.2 Å². The van der Waals surface area contributed by atoms with E-state index in [1.54, 1.807) is 25.4 Å². The number of ether oxygens (including phenoxy) is 1. The maximum Gasteiger partial charge on any atom is 0.251 e. The summed E-state index contributed by atoms with van der Waals surface area (Å²) in [4.78, 5) is 20.6. The number of benzene rings is 1. The number of hydrogen-bond acceptors (Lipinski definition) is 7. The number of hydrogen-bond donors (Lipinski definition) is 2. The Kier molecular flexibility index (Phi) is 5.77. The lowest BCUT2D eigenvalue weighted by Crippen LogP contribution is -2.22. The summed E-state index contributed by atoms with van der Waals surface area (Å²) >= 11 is 0. The largest absolute Gasteiger partial charge is 0.384 e. The number of aryl methyl sites for hydroxylation is 1. The van der Waals surface area contributed by atoms with Gasteiger partial charge in [-0.25, -0.2) is 4.98 Å². The van der Waals surface area contributed by atoms with Crippen molar-refractivity contribution in [3.8, 4) is 11.1 Å². The Morgan fingerprint density at radius 2 is 2.04 bits per heavy atom. The predicted octanol–water partition coefficient (Wildman–Crippen LogP) is 2.14. The number of nitrogen functional groups attached to an aromatic ring is 1. The van der Waals surface area contributed by atoms with Gasteiger partial charge < -0.3 is 20.3 Å². The maximum absolute atomic E-state index is 12.3. The van der Waals surface area contributed by atoms with Crippen molar-refractivity contribution in [3.05, 3.63) is 59.4 Å². The Morgan fingerprint density at radius 1 is 1.26 bits per heavy atom. The molecule has 3 N–H and O–H groups in total. The summed E-state index contributed by atoms with van der Waals surface area (Å²) < 4.78 is 10.1. The normalized spacial score (nSPS) is 10.7. The second-order valence-corrected chi connectivity index (χ2v) is 6.03. The first kappa shape index (κ1) is 18.5. The molecule has 0 aliphatic rings. The van der Waals surface area contributed by atoms with Crippen LogP contribution in [0.2, 0.25) is 0 Å². The minimum atomic E-state index is -0.218. The van der Waals surface area contributed by atoms with Crippen LogP contribution in [-0.2, 0) is 17.7 Å². The van der Waals surface area contributed by atoms with E-state index in [9.17, 15) is 4.79 Å². The molecule has 0 bridgehead atoms. The molecule has 27 heavy (non-hydrogen) atoms. The minimum Gasteiger partial charge on any atom is -0.384 e. The first-order chi connectivity index (χ1) is 13.1. The zero-order valence-corrected chi connectivity index (χ0v) is 15.2. The molecule has 0 radical (unpaired) electrons. The van der Waals surface area contributed by atoms with Crippen molar-refractivity contribution in [2.24, 2.45) is 0 Å². The van der Waals surface area contributed by atoms with Gasteiger partial charge in [0.15, 0.2) is 5.82 Å². The first-order valence-corrected chi connectivity index (χ1v) is 8.48. The molecule has 3 aromatic rings. The number of nitrogens with two attached hydrogens (primary N) is 1. The van der Waals surface area contributed by atoms with E-state index in [0.29, 0.717) is 36.1 Å². The Balaban J connectivity index is 1.60. The van der Waals surface area contributed by atoms with Gasteiger partial charge in [0.1, 0.15) is 5.82 Å². The highest BCUT2D eigenvalue weighted by molar-refractivity contribution is 5.94. The highest BCUT2D eigenvalue weighted by Gasteiger charge is 2.10. The molecule has 8 nitrogen and oxygen atoms in total. The lowest BCUT2D eigenvalue weighted by atomic mass is 10.0. The number of methoxy groups -OCH3 is 1. The number of rotatable bonds is 7. The van der Waals surface area contributed by atoms with Crippen molar-refractivity contribution in [1.29, 1.82) is 0 Å². The second-order valence-electron chi connectivity index (χ2n) is 6.03. The highest BCUT2D eigenvalue weighted by atomic mass is 16.5. The molecule has 0 unspecified atom stereocenters. The van der Waals surface area contributed by atoms with Gasteiger partial charge in [-0.15, -0.1) is 0 Å². The van der Waals surface area contributed by atoms with Crippen molar-refractivity contribution in [2.75, 3.05) is 19.5 Å². The standard InChI is InChI=1S/C19H21N5O3/c1-12-9-15(10-21-18(12)20)13-3-5-14(6-4-13)19(25)22-11-17-23-16(24-27-17)7-8-26-2/h3-6,9-10H,7-8,11H2,1-2H3,(H2,20,21)(H,22,25). The summed E-state index contributed by atoms with van der Waals surface area (Å²) in [6, 6.07) is 9.23. The zero-order chi connectivity index (χ0) is 19.2. The molecule has 1 amide bonds. The van der Waals surface area contributed by atoms with Crippen LogP contribution in [0.5, 0.6) is 0 Å². The van der Waals surface area contributed by atoms with Crippen molar-refractivity contribution in [1.82, 2.24) is 20.4 Å². The number of nitrogens with one attached hydrogen (secondary N) is 1. The molecule has 0 aliphatic heterocycles. The molecule has 0 aliphatic carbocycles. The van der Waals surface area contributed by atoms with Crippen LogP contribution in [0.15, 0.2) is 41.1 Å². The van der Waals surface area contributed by atoms with Gasteiger partial charge >= 0.3 is 0 Å². The SMILES string of the molecule is COCCc1noc(CNC(=O)c2ccc(-c3cnc(N)c(C)c3)cc2)n1. The van der Waals surface area contributed by atoms with Gasteiger partial charge in [-0.3, -0.25) is 4.79 Å². The Morgan fingerprint density at radius 3 is 2.74 bits per heavy atom. The number of anilines is 1. The number of nitrogens with zero attached hydrogens (tertiary/aromatic N) is 3. The lowest BCUT2D eigenvalue weighted by molar-refractivity contribution is 0.0946. The number of aromatic nitrogens is 3. The summed E-state index contributed by atoms with van der Waals surface area (Å²) in [5.74, 6) is 1.21. The smallest absolute Gasteiger partial charge is 0.251 e. The third-order valence-corrected chi connectivity index (χ3v) is 4.04. The van der Waals surface area contributed by atoms with E-state index in [2.05, 4.69) is 20.4 Å². The van der Waals surface area contributed by atoms with Crippen molar-refractivity contribution in [2.45, 2.75) is 19.9 Å². The first-order valence-electron chi connectivity index (χ1n) is 8.48. The topological polar surface area (TPSA) is 116 Å². The third kappa shape index (κ3) is 4.68. The molecule has 2 aromatic heterocycles. The number of carbonyl (C=O) groups excluding carboxylic acids is 1. The fourth-order valence-corrected chi connectivity index (χ4v) is 2.47. The molecule has 2 heterocycles. The van der Waals surface area contributed by atoms with Crippen LogP contribution >= 0.6 is 0 Å². The van der Waals surface area contributed by atoms with E-state index in [0.717, 1.165) is 16.7 Å². The van der Waals surface area contributed by atoms with Crippen LogP contribution in [0.25, 0.3) is 11.1 Å². The minimum absolute atomic E-state index is 0.168. The maximum atomic E-state index is 12.3. The zero-order valence-electron chi connectivity index (χ0n) is 15.2. The van der Waals surface area contributed by atoms with Crippen LogP contribution in [0, 0.1) is 6.92 Å². The third-order valence-electron chi connectivity index (χ3n) is 4.04. The fourth-order valence-electron chi connectivity index (χ4n) is 2.47. The van der Waals surface area contributed by atoms with Gasteiger partial charge in [0, 0.05) is 30.9 Å².